The summed E-state index contributed by atoms with van der Waals surface area (Å²) in [6.45, 7) is 6.17. The Hall–Kier alpha value is -1.93. The van der Waals surface area contributed by atoms with Gasteiger partial charge < -0.3 is 4.74 Å². The Kier molecular flexibility index (Phi) is 5.70. The minimum absolute atomic E-state index is 0.0455. The van der Waals surface area contributed by atoms with E-state index in [0.29, 0.717) is 0 Å². The van der Waals surface area contributed by atoms with E-state index in [-0.39, 0.29) is 11.0 Å². The first-order valence-electron chi connectivity index (χ1n) is 9.30. The van der Waals surface area contributed by atoms with Crippen LogP contribution >= 0.6 is 0 Å². The molecule has 0 amide bonds. The van der Waals surface area contributed by atoms with Crippen LogP contribution in [0, 0.1) is 5.41 Å². The van der Waals surface area contributed by atoms with Gasteiger partial charge in [0.05, 0.1) is 5.60 Å². The van der Waals surface area contributed by atoms with Crippen molar-refractivity contribution in [1.29, 1.82) is 0 Å². The molecule has 2 nitrogen and oxygen atoms in total. The van der Waals surface area contributed by atoms with Crippen molar-refractivity contribution in [2.75, 3.05) is 13.2 Å². The normalized spacial score (nSPS) is 23.0. The van der Waals surface area contributed by atoms with Gasteiger partial charge in [0.15, 0.2) is 0 Å². The molecule has 132 valence electrons. The first-order valence-corrected chi connectivity index (χ1v) is 9.30. The van der Waals surface area contributed by atoms with Crippen LogP contribution in [0.4, 0.5) is 0 Å². The smallest absolute Gasteiger partial charge is 0.0631 e. The Labute approximate surface area is 152 Å². The summed E-state index contributed by atoms with van der Waals surface area (Å²) in [6, 6.07) is 21.2. The van der Waals surface area contributed by atoms with Gasteiger partial charge >= 0.3 is 0 Å². The maximum absolute atomic E-state index is 6.00. The van der Waals surface area contributed by atoms with Gasteiger partial charge in [-0.05, 0) is 56.1 Å². The van der Waals surface area contributed by atoms with Crippen molar-refractivity contribution in [3.8, 4) is 0 Å². The van der Waals surface area contributed by atoms with Crippen molar-refractivity contribution in [1.82, 2.24) is 0 Å². The summed E-state index contributed by atoms with van der Waals surface area (Å²) in [6.07, 6.45) is 6.43. The Morgan fingerprint density at radius 1 is 1.00 bits per heavy atom. The molecule has 1 saturated heterocycles. The van der Waals surface area contributed by atoms with Crippen molar-refractivity contribution in [3.05, 3.63) is 71.8 Å². The molecule has 2 aromatic carbocycles. The first kappa shape index (κ1) is 17.9. The lowest BCUT2D eigenvalue weighted by Gasteiger charge is -2.45. The highest BCUT2D eigenvalue weighted by Gasteiger charge is 2.40. The largest absolute Gasteiger partial charge is 0.376 e. The highest BCUT2D eigenvalue weighted by molar-refractivity contribution is 5.79. The molecule has 0 bridgehead atoms. The molecule has 0 radical (unpaired) electrons. The Morgan fingerprint density at radius 2 is 1.68 bits per heavy atom. The van der Waals surface area contributed by atoms with E-state index in [1.165, 1.54) is 11.1 Å². The molecule has 1 heterocycles. The Morgan fingerprint density at radius 3 is 2.36 bits per heavy atom. The zero-order chi connectivity index (χ0) is 17.6. The van der Waals surface area contributed by atoms with Gasteiger partial charge in [0, 0.05) is 19.4 Å². The summed E-state index contributed by atoms with van der Waals surface area (Å²) < 4.78 is 6.00. The standard InChI is InChI=1S/C23H29NO/c1-22(2)19-23(14-16-25-22,17-20-9-5-3-6-10-20)13-15-24-18-21-11-7-4-8-12-21/h3-12,18H,13-17,19H2,1-2H3/t23-/m0/s1. The first-order chi connectivity index (χ1) is 12.1. The number of hydrogen-bond donors (Lipinski definition) is 0. The minimum atomic E-state index is -0.0455. The topological polar surface area (TPSA) is 21.6 Å². The molecule has 2 aromatic rings. The SMILES string of the molecule is CC1(C)C[C@](CCN=Cc2ccccc2)(Cc2ccccc2)CCO1. The summed E-state index contributed by atoms with van der Waals surface area (Å²) in [7, 11) is 0. The van der Waals surface area contributed by atoms with Crippen molar-refractivity contribution < 1.29 is 4.74 Å². The molecule has 2 heteroatoms. The zero-order valence-electron chi connectivity index (χ0n) is 15.4. The maximum Gasteiger partial charge on any atom is 0.0631 e. The monoisotopic (exact) mass is 335 g/mol. The van der Waals surface area contributed by atoms with Gasteiger partial charge in [-0.2, -0.15) is 0 Å². The molecule has 0 spiro atoms. The fourth-order valence-corrected chi connectivity index (χ4v) is 4.08. The fraction of sp³-hybridized carbons (Fsp3) is 0.435. The van der Waals surface area contributed by atoms with Crippen LogP contribution in [-0.4, -0.2) is 25.0 Å². The quantitative estimate of drug-likeness (QED) is 0.655. The fourth-order valence-electron chi connectivity index (χ4n) is 4.08. The number of rotatable bonds is 6. The molecule has 0 aromatic heterocycles. The number of hydrogen-bond acceptors (Lipinski definition) is 2. The van der Waals surface area contributed by atoms with E-state index in [1.54, 1.807) is 0 Å². The number of aliphatic imine (C=N–C) groups is 1. The van der Waals surface area contributed by atoms with E-state index in [9.17, 15) is 0 Å². The molecular formula is C23H29NO. The average Bonchev–Trinajstić information content (AvgIpc) is 2.60. The number of ether oxygens (including phenoxy) is 1. The molecule has 1 fully saturated rings. The molecule has 3 rings (SSSR count). The van der Waals surface area contributed by atoms with E-state index < -0.39 is 0 Å². The third-order valence-corrected chi connectivity index (χ3v) is 5.16. The maximum atomic E-state index is 6.00. The summed E-state index contributed by atoms with van der Waals surface area (Å²) >= 11 is 0. The predicted molar refractivity (Wildman–Crippen MR) is 105 cm³/mol. The Bertz CT molecular complexity index is 678. The van der Waals surface area contributed by atoms with E-state index in [0.717, 1.165) is 38.8 Å². The van der Waals surface area contributed by atoms with Crippen LogP contribution in [-0.2, 0) is 11.2 Å². The average molecular weight is 335 g/mol. The number of nitrogens with zero attached hydrogens (tertiary/aromatic N) is 1. The van der Waals surface area contributed by atoms with Gasteiger partial charge in [0.1, 0.15) is 0 Å². The zero-order valence-corrected chi connectivity index (χ0v) is 15.4. The second-order valence-corrected chi connectivity index (χ2v) is 7.89. The lowest BCUT2D eigenvalue weighted by atomic mass is 9.68. The van der Waals surface area contributed by atoms with Gasteiger partial charge in [-0.1, -0.05) is 60.7 Å². The molecule has 1 aliphatic rings. The third-order valence-electron chi connectivity index (χ3n) is 5.16. The summed E-state index contributed by atoms with van der Waals surface area (Å²) in [4.78, 5) is 4.70. The van der Waals surface area contributed by atoms with Crippen molar-refractivity contribution >= 4 is 6.21 Å². The van der Waals surface area contributed by atoms with Gasteiger partial charge in [0.2, 0.25) is 0 Å². The predicted octanol–water partition coefficient (Wildman–Crippen LogP) is 5.31. The lowest BCUT2D eigenvalue weighted by Crippen LogP contribution is -2.43. The summed E-state index contributed by atoms with van der Waals surface area (Å²) in [5, 5.41) is 0. The lowest BCUT2D eigenvalue weighted by molar-refractivity contribution is -0.106. The van der Waals surface area contributed by atoms with Crippen molar-refractivity contribution in [3.63, 3.8) is 0 Å². The van der Waals surface area contributed by atoms with Gasteiger partial charge in [-0.25, -0.2) is 0 Å². The molecule has 0 N–H and O–H groups in total. The van der Waals surface area contributed by atoms with Crippen LogP contribution in [0.2, 0.25) is 0 Å². The highest BCUT2D eigenvalue weighted by atomic mass is 16.5. The Balaban J connectivity index is 1.69. The van der Waals surface area contributed by atoms with E-state index in [2.05, 4.69) is 68.4 Å². The molecule has 1 atom stereocenters. The van der Waals surface area contributed by atoms with E-state index in [1.807, 2.05) is 12.3 Å². The molecule has 25 heavy (non-hydrogen) atoms. The highest BCUT2D eigenvalue weighted by Crippen LogP contribution is 2.44. The molecular weight excluding hydrogens is 306 g/mol. The molecule has 1 aliphatic heterocycles. The van der Waals surface area contributed by atoms with Crippen molar-refractivity contribution in [2.45, 2.75) is 45.1 Å². The van der Waals surface area contributed by atoms with Crippen LogP contribution < -0.4 is 0 Å². The molecule has 0 unspecified atom stereocenters. The number of benzene rings is 2. The second-order valence-electron chi connectivity index (χ2n) is 7.89. The molecule has 0 aliphatic carbocycles. The van der Waals surface area contributed by atoms with Crippen LogP contribution in [0.15, 0.2) is 65.7 Å². The third kappa shape index (κ3) is 5.27. The molecule has 0 saturated carbocycles. The van der Waals surface area contributed by atoms with Gasteiger partial charge in [-0.15, -0.1) is 0 Å². The van der Waals surface area contributed by atoms with Crippen molar-refractivity contribution in [2.24, 2.45) is 10.4 Å². The van der Waals surface area contributed by atoms with Crippen LogP contribution in [0.25, 0.3) is 0 Å². The van der Waals surface area contributed by atoms with Crippen LogP contribution in [0.1, 0.15) is 44.2 Å². The van der Waals surface area contributed by atoms with Crippen LogP contribution in [0.3, 0.4) is 0 Å². The summed E-state index contributed by atoms with van der Waals surface area (Å²) in [5.41, 5.74) is 2.83. The second kappa shape index (κ2) is 7.97. The van der Waals surface area contributed by atoms with Gasteiger partial charge in [0.25, 0.3) is 0 Å². The van der Waals surface area contributed by atoms with E-state index in [4.69, 9.17) is 9.73 Å². The van der Waals surface area contributed by atoms with Gasteiger partial charge in [-0.3, -0.25) is 4.99 Å². The van der Waals surface area contributed by atoms with E-state index >= 15 is 0 Å². The minimum Gasteiger partial charge on any atom is -0.376 e. The van der Waals surface area contributed by atoms with Crippen LogP contribution in [0.5, 0.6) is 0 Å². The summed E-state index contributed by atoms with van der Waals surface area (Å²) in [5.74, 6) is 0.